The van der Waals surface area contributed by atoms with E-state index in [1.807, 2.05) is 0 Å². The van der Waals surface area contributed by atoms with Crippen molar-refractivity contribution < 1.29 is 9.53 Å². The number of carbonyl (C=O) groups excluding carboxylic acids is 1. The fourth-order valence-corrected chi connectivity index (χ4v) is 4.04. The van der Waals surface area contributed by atoms with Crippen molar-refractivity contribution in [3.05, 3.63) is 28.4 Å². The number of aromatic nitrogens is 2. The second kappa shape index (κ2) is 7.07. The summed E-state index contributed by atoms with van der Waals surface area (Å²) in [5, 5.41) is 1.48. The number of hydrogen-bond acceptors (Lipinski definition) is 6. The Hall–Kier alpha value is -1.66. The number of rotatable bonds is 4. The van der Waals surface area contributed by atoms with Gasteiger partial charge < -0.3 is 9.64 Å². The Morgan fingerprint density at radius 3 is 2.79 bits per heavy atom. The van der Waals surface area contributed by atoms with Gasteiger partial charge in [-0.2, -0.15) is 0 Å². The highest BCUT2D eigenvalue weighted by Crippen LogP contribution is 2.35. The third-order valence-corrected chi connectivity index (χ3v) is 5.67. The molecule has 0 N–H and O–H groups in total. The lowest BCUT2D eigenvalue weighted by Crippen LogP contribution is -2.37. The molecule has 1 aliphatic heterocycles. The molecular formula is C17H20ClN3O2S. The van der Waals surface area contributed by atoms with Crippen molar-refractivity contribution in [2.75, 3.05) is 24.6 Å². The van der Waals surface area contributed by atoms with Crippen LogP contribution in [0.1, 0.15) is 23.3 Å². The van der Waals surface area contributed by atoms with Crippen LogP contribution in [0.4, 0.5) is 5.82 Å². The zero-order valence-electron chi connectivity index (χ0n) is 13.8. The van der Waals surface area contributed by atoms with Gasteiger partial charge in [-0.1, -0.05) is 18.2 Å². The van der Waals surface area contributed by atoms with Crippen LogP contribution >= 0.6 is 22.9 Å². The number of fused-ring (bicyclic) bond motifs is 1. The van der Waals surface area contributed by atoms with Gasteiger partial charge in [0.25, 0.3) is 0 Å². The fraction of sp³-hybridized carbons (Fsp3) is 0.471. The third kappa shape index (κ3) is 3.39. The molecule has 0 amide bonds. The summed E-state index contributed by atoms with van der Waals surface area (Å²) in [6.45, 7) is 9.40. The van der Waals surface area contributed by atoms with E-state index in [2.05, 4.69) is 35.3 Å². The van der Waals surface area contributed by atoms with Crippen molar-refractivity contribution >= 4 is 44.9 Å². The lowest BCUT2D eigenvalue weighted by molar-refractivity contribution is -0.148. The molecule has 0 spiro atoms. The van der Waals surface area contributed by atoms with Gasteiger partial charge in [-0.05, 0) is 32.3 Å². The van der Waals surface area contributed by atoms with E-state index in [9.17, 15) is 4.79 Å². The maximum Gasteiger partial charge on any atom is 0.309 e. The molecule has 0 bridgehead atoms. The lowest BCUT2D eigenvalue weighted by Gasteiger charge is -2.32. The molecule has 128 valence electrons. The molecule has 24 heavy (non-hydrogen) atoms. The van der Waals surface area contributed by atoms with Crippen LogP contribution in [0.15, 0.2) is 17.9 Å². The summed E-state index contributed by atoms with van der Waals surface area (Å²) in [5.41, 5.74) is 1.24. The molecule has 5 nitrogen and oxygen atoms in total. The van der Waals surface area contributed by atoms with Crippen LogP contribution in [-0.4, -0.2) is 35.6 Å². The first-order chi connectivity index (χ1) is 11.5. The molecule has 0 aliphatic carbocycles. The largest absolute Gasteiger partial charge is 0.460 e. The zero-order chi connectivity index (χ0) is 17.3. The summed E-state index contributed by atoms with van der Waals surface area (Å²) in [6, 6.07) is 0. The van der Waals surface area contributed by atoms with Gasteiger partial charge in [0.2, 0.25) is 0 Å². The van der Waals surface area contributed by atoms with Crippen molar-refractivity contribution in [3.8, 4) is 0 Å². The van der Waals surface area contributed by atoms with Gasteiger partial charge in [0.05, 0.1) is 11.3 Å². The third-order valence-electron chi connectivity index (χ3n) is 4.44. The average Bonchev–Trinajstić information content (AvgIpc) is 2.87. The first-order valence-corrected chi connectivity index (χ1v) is 9.12. The number of nitrogens with zero attached hydrogens (tertiary/aromatic N) is 3. The van der Waals surface area contributed by atoms with Gasteiger partial charge in [0.1, 0.15) is 23.6 Å². The van der Waals surface area contributed by atoms with Crippen LogP contribution in [0.3, 0.4) is 0 Å². The molecule has 3 rings (SSSR count). The number of esters is 1. The molecule has 2 aromatic rings. The van der Waals surface area contributed by atoms with Crippen LogP contribution in [-0.2, 0) is 9.53 Å². The molecule has 0 unspecified atom stereocenters. The van der Waals surface area contributed by atoms with E-state index in [0.29, 0.717) is 5.03 Å². The number of aryl methyl sites for hydroxylation is 2. The van der Waals surface area contributed by atoms with E-state index >= 15 is 0 Å². The van der Waals surface area contributed by atoms with E-state index in [4.69, 9.17) is 16.3 Å². The standard InChI is InChI=1S/C17H20ClN3O2S/c1-10(18)8-23-17(22)13-4-6-21(7-5-13)15-14-11(2)12(3)24-16(14)20-9-19-15/h9,13H,1,4-8H2,2-3H3. The SMILES string of the molecule is C=C(Cl)COC(=O)C1CCN(c2ncnc3sc(C)c(C)c23)CC1. The van der Waals surface area contributed by atoms with Gasteiger partial charge in [-0.25, -0.2) is 9.97 Å². The number of hydrogen-bond donors (Lipinski definition) is 0. The molecule has 0 aromatic carbocycles. The van der Waals surface area contributed by atoms with Crippen molar-refractivity contribution in [1.29, 1.82) is 0 Å². The van der Waals surface area contributed by atoms with E-state index in [1.165, 1.54) is 10.4 Å². The van der Waals surface area contributed by atoms with Crippen LogP contribution in [0.25, 0.3) is 10.2 Å². The average molecular weight is 366 g/mol. The summed E-state index contributed by atoms with van der Waals surface area (Å²) in [4.78, 5) is 25.5. The summed E-state index contributed by atoms with van der Waals surface area (Å²) < 4.78 is 5.16. The number of anilines is 1. The van der Waals surface area contributed by atoms with Crippen molar-refractivity contribution in [1.82, 2.24) is 9.97 Å². The van der Waals surface area contributed by atoms with Crippen LogP contribution < -0.4 is 4.90 Å². The predicted molar refractivity (Wildman–Crippen MR) is 97.8 cm³/mol. The smallest absolute Gasteiger partial charge is 0.309 e. The first kappa shape index (κ1) is 17.2. The molecule has 1 aliphatic rings. The van der Waals surface area contributed by atoms with Gasteiger partial charge in [0, 0.05) is 23.0 Å². The maximum absolute atomic E-state index is 12.1. The summed E-state index contributed by atoms with van der Waals surface area (Å²) in [7, 11) is 0. The van der Waals surface area contributed by atoms with Crippen LogP contribution in [0.5, 0.6) is 0 Å². The van der Waals surface area contributed by atoms with Crippen molar-refractivity contribution in [3.63, 3.8) is 0 Å². The fourth-order valence-electron chi connectivity index (χ4n) is 3.00. The Morgan fingerprint density at radius 2 is 2.12 bits per heavy atom. The minimum absolute atomic E-state index is 0.0834. The summed E-state index contributed by atoms with van der Waals surface area (Å²) in [5.74, 6) is 0.703. The number of halogens is 1. The normalized spacial score (nSPS) is 15.7. The Kier molecular flexibility index (Phi) is 5.06. The highest BCUT2D eigenvalue weighted by atomic mass is 35.5. The van der Waals surface area contributed by atoms with Gasteiger partial charge in [0.15, 0.2) is 0 Å². The Morgan fingerprint density at radius 1 is 1.42 bits per heavy atom. The van der Waals surface area contributed by atoms with E-state index in [1.54, 1.807) is 17.7 Å². The number of ether oxygens (including phenoxy) is 1. The minimum Gasteiger partial charge on any atom is -0.460 e. The van der Waals surface area contributed by atoms with E-state index < -0.39 is 0 Å². The van der Waals surface area contributed by atoms with Crippen molar-refractivity contribution in [2.45, 2.75) is 26.7 Å². The summed E-state index contributed by atoms with van der Waals surface area (Å²) in [6.07, 6.45) is 3.13. The molecule has 1 fully saturated rings. The Bertz CT molecular complexity index is 781. The van der Waals surface area contributed by atoms with Crippen LogP contribution in [0, 0.1) is 19.8 Å². The molecule has 0 radical (unpaired) electrons. The number of carbonyl (C=O) groups is 1. The second-order valence-electron chi connectivity index (χ2n) is 6.05. The predicted octanol–water partition coefficient (Wildman–Crippen LogP) is 3.82. The Labute approximate surface area is 150 Å². The first-order valence-electron chi connectivity index (χ1n) is 7.93. The zero-order valence-corrected chi connectivity index (χ0v) is 15.4. The number of thiophene rings is 1. The maximum atomic E-state index is 12.1. The van der Waals surface area contributed by atoms with Gasteiger partial charge in [-0.15, -0.1) is 11.3 Å². The van der Waals surface area contributed by atoms with Gasteiger partial charge >= 0.3 is 5.97 Å². The van der Waals surface area contributed by atoms with Crippen molar-refractivity contribution in [2.24, 2.45) is 5.92 Å². The topological polar surface area (TPSA) is 55.3 Å². The van der Waals surface area contributed by atoms with Gasteiger partial charge in [-0.3, -0.25) is 4.79 Å². The molecule has 2 aromatic heterocycles. The molecule has 0 saturated carbocycles. The monoisotopic (exact) mass is 365 g/mol. The molecule has 7 heteroatoms. The molecule has 1 saturated heterocycles. The quantitative estimate of drug-likeness (QED) is 0.771. The van der Waals surface area contributed by atoms with Crippen LogP contribution in [0.2, 0.25) is 0 Å². The summed E-state index contributed by atoms with van der Waals surface area (Å²) >= 11 is 7.34. The van der Waals surface area contributed by atoms with E-state index in [0.717, 1.165) is 42.0 Å². The van der Waals surface area contributed by atoms with E-state index in [-0.39, 0.29) is 18.5 Å². The highest BCUT2D eigenvalue weighted by molar-refractivity contribution is 7.18. The Balaban J connectivity index is 1.71. The minimum atomic E-state index is -0.188. The molecular weight excluding hydrogens is 346 g/mol. The highest BCUT2D eigenvalue weighted by Gasteiger charge is 2.28. The second-order valence-corrected chi connectivity index (χ2v) is 7.78. The molecule has 3 heterocycles. The lowest BCUT2D eigenvalue weighted by atomic mass is 9.97. The number of piperidine rings is 1. The molecule has 0 atom stereocenters.